The smallest absolute Gasteiger partial charge is 0.317 e. The molecular formula is C59H94O29. The number of carbonyl (C=O) groups excluding carboxylic acids is 2. The summed E-state index contributed by atoms with van der Waals surface area (Å²) >= 11 is 0. The summed E-state index contributed by atoms with van der Waals surface area (Å²) in [4.78, 5) is 28.3. The van der Waals surface area contributed by atoms with Crippen molar-refractivity contribution < 1.29 is 143 Å². The van der Waals surface area contributed by atoms with Gasteiger partial charge in [-0.3, -0.25) is 9.59 Å². The molecule has 0 amide bonds. The lowest BCUT2D eigenvalue weighted by Crippen LogP contribution is -2.71. The van der Waals surface area contributed by atoms with Gasteiger partial charge >= 0.3 is 11.9 Å². The standard InChI is InChI=1S/C59H94O29/c1-24-41(84-47-40(74)42(30(67)19-78-47)85-51-45(75)58(77,22-63)23-80-51)39(73)44(82-25(2)64)50(81-24)86-43-35(69)29(66)18-79-49(43)88-52(76)59-13-12-53(3,4)14-27(59)26-8-9-32-54(5)15-28(65)46(87-48-38(72)37(71)36(70)31(17-60)83-48)57(20-61,21-62)33(54)10-11-55(32,6)56(26,7)16-34(59)68/h8,24,27-51,60-63,65-75,77H,9-23H2,1-7H3/t24-,27-,28-,29-,30-,31-,32-,33+,34+,35+,36-,37+,38-,39+,40-,41-,42+,43-,44-,45+,46+,47+,48+,49+,50+,51+,54-,55+,56-,58-,59-/m0/s1. The normalized spacial score (nSPS) is 52.5. The molecule has 0 aromatic rings. The number of hydrogen-bond donors (Lipinski definition) is 16. The van der Waals surface area contributed by atoms with Crippen LogP contribution in [0.4, 0.5) is 0 Å². The molecule has 31 atom stereocenters. The Bertz CT molecular complexity index is 2500. The van der Waals surface area contributed by atoms with Crippen molar-refractivity contribution in [2.24, 2.45) is 50.2 Å². The Morgan fingerprint density at radius 3 is 1.91 bits per heavy atom. The van der Waals surface area contributed by atoms with E-state index in [2.05, 4.69) is 33.8 Å². The summed E-state index contributed by atoms with van der Waals surface area (Å²) in [7, 11) is 0. The molecule has 5 heterocycles. The minimum Gasteiger partial charge on any atom is -0.454 e. The van der Waals surface area contributed by atoms with Gasteiger partial charge < -0.3 is 134 Å². The van der Waals surface area contributed by atoms with Crippen LogP contribution in [0.1, 0.15) is 99.8 Å². The largest absolute Gasteiger partial charge is 0.454 e. The van der Waals surface area contributed by atoms with Gasteiger partial charge in [0.15, 0.2) is 37.4 Å². The fraction of sp³-hybridized carbons (Fsp3) is 0.932. The molecular weight excluding hydrogens is 1170 g/mol. The van der Waals surface area contributed by atoms with Crippen LogP contribution in [0.25, 0.3) is 0 Å². The highest BCUT2D eigenvalue weighted by atomic mass is 16.8. The molecule has 0 radical (unpaired) electrons. The van der Waals surface area contributed by atoms with Gasteiger partial charge in [0.25, 0.3) is 0 Å². The number of fused-ring (bicyclic) bond motifs is 7. The number of aliphatic hydroxyl groups is 16. The maximum atomic E-state index is 15.6. The summed E-state index contributed by atoms with van der Waals surface area (Å²) in [6.45, 7) is 8.32. The zero-order valence-corrected chi connectivity index (χ0v) is 50.7. The Morgan fingerprint density at radius 1 is 0.602 bits per heavy atom. The number of carbonyl (C=O) groups is 2. The van der Waals surface area contributed by atoms with Gasteiger partial charge in [-0.1, -0.05) is 46.3 Å². The van der Waals surface area contributed by atoms with E-state index < -0.39 is 244 Å². The molecule has 504 valence electrons. The molecule has 0 aromatic heterocycles. The van der Waals surface area contributed by atoms with Gasteiger partial charge in [-0.25, -0.2) is 0 Å². The van der Waals surface area contributed by atoms with E-state index in [1.54, 1.807) is 0 Å². The molecule has 29 heteroatoms. The van der Waals surface area contributed by atoms with Crippen molar-refractivity contribution in [3.8, 4) is 0 Å². The predicted octanol–water partition coefficient (Wildman–Crippen LogP) is -4.81. The topological polar surface area (TPSA) is 459 Å². The van der Waals surface area contributed by atoms with Gasteiger partial charge in [0, 0.05) is 12.3 Å². The van der Waals surface area contributed by atoms with Crippen molar-refractivity contribution in [3.63, 3.8) is 0 Å². The molecule has 0 aromatic carbocycles. The Labute approximate surface area is 508 Å². The van der Waals surface area contributed by atoms with Crippen LogP contribution in [-0.2, 0) is 61.7 Å². The second kappa shape index (κ2) is 25.1. The Kier molecular flexibility index (Phi) is 19.6. The summed E-state index contributed by atoms with van der Waals surface area (Å²) in [5.41, 5.74) is -7.00. The molecule has 0 spiro atoms. The molecule has 10 rings (SSSR count). The van der Waals surface area contributed by atoms with Crippen LogP contribution >= 0.6 is 0 Å². The van der Waals surface area contributed by atoms with Crippen LogP contribution in [0.3, 0.4) is 0 Å². The van der Waals surface area contributed by atoms with Crippen molar-refractivity contribution in [3.05, 3.63) is 11.6 Å². The van der Waals surface area contributed by atoms with Crippen molar-refractivity contribution in [1.29, 1.82) is 0 Å². The summed E-state index contributed by atoms with van der Waals surface area (Å²) < 4.78 is 64.7. The van der Waals surface area contributed by atoms with Crippen molar-refractivity contribution in [2.75, 3.05) is 46.2 Å². The minimum absolute atomic E-state index is 0.0607. The van der Waals surface area contributed by atoms with Gasteiger partial charge in [-0.2, -0.15) is 0 Å². The zero-order chi connectivity index (χ0) is 64.3. The molecule has 5 aliphatic heterocycles. The first kappa shape index (κ1) is 68.5. The molecule has 5 aliphatic carbocycles. The molecule has 0 bridgehead atoms. The van der Waals surface area contributed by atoms with E-state index >= 15 is 4.79 Å². The molecule has 0 unspecified atom stereocenters. The molecule has 9 fully saturated rings. The highest BCUT2D eigenvalue weighted by Gasteiger charge is 2.74. The summed E-state index contributed by atoms with van der Waals surface area (Å²) in [6.07, 6.45) is -33.2. The third-order valence-electron chi connectivity index (χ3n) is 22.9. The Morgan fingerprint density at radius 2 is 1.26 bits per heavy atom. The van der Waals surface area contributed by atoms with E-state index in [1.165, 1.54) is 6.92 Å². The SMILES string of the molecule is CC(=O)O[C@@H]1[C@@H](O[C@@H]2[C@@H](OC(=O)[C@@]34CCC(C)(C)C[C@H]3C3=CC[C@H]5[C@]6(C)C[C@H](O)[C@@H](O[C@H]7O[C@@H](CO)[C@H](O)[C@@H](O)[C@@H]7O)C(CO)(CO)[C@@H]6CC[C@@]5(C)[C@@]3(C)C[C@H]4O)OC[C@H](O)[C@H]2O)O[C@@H](C)[C@H](O[C@H]2OC[C@H](O)[C@@H](O[C@H]3OC[C@@](O)(CO)[C@@H]3O)[C@@H]2O)[C@H]1O. The third-order valence-corrected chi connectivity index (χ3v) is 22.9. The predicted molar refractivity (Wildman–Crippen MR) is 291 cm³/mol. The lowest BCUT2D eigenvalue weighted by atomic mass is 9.33. The van der Waals surface area contributed by atoms with Crippen LogP contribution < -0.4 is 0 Å². The lowest BCUT2D eigenvalue weighted by Gasteiger charge is -2.72. The van der Waals surface area contributed by atoms with Crippen LogP contribution in [-0.4, -0.2) is 287 Å². The van der Waals surface area contributed by atoms with E-state index in [-0.39, 0.29) is 30.6 Å². The molecule has 16 N–H and O–H groups in total. The summed E-state index contributed by atoms with van der Waals surface area (Å²) in [6, 6.07) is 0. The number of aliphatic hydroxyl groups excluding tert-OH is 15. The third kappa shape index (κ3) is 11.1. The van der Waals surface area contributed by atoms with Gasteiger partial charge in [0.2, 0.25) is 6.29 Å². The Balaban J connectivity index is 0.886. The number of allylic oxidation sites excluding steroid dienone is 2. The van der Waals surface area contributed by atoms with Crippen molar-refractivity contribution in [1.82, 2.24) is 0 Å². The average Bonchev–Trinajstić information content (AvgIpc) is 0.732. The monoisotopic (exact) mass is 1270 g/mol. The average molecular weight is 1270 g/mol. The first-order valence-electron chi connectivity index (χ1n) is 30.8. The van der Waals surface area contributed by atoms with Crippen LogP contribution in [0.5, 0.6) is 0 Å². The van der Waals surface area contributed by atoms with Crippen LogP contribution in [0, 0.1) is 50.2 Å². The number of rotatable bonds is 15. The van der Waals surface area contributed by atoms with E-state index in [0.717, 1.165) is 12.5 Å². The molecule has 4 saturated carbocycles. The van der Waals surface area contributed by atoms with Gasteiger partial charge in [0.05, 0.1) is 70.7 Å². The van der Waals surface area contributed by atoms with E-state index in [1.807, 2.05) is 6.92 Å². The summed E-state index contributed by atoms with van der Waals surface area (Å²) in [5.74, 6) is -3.26. The highest BCUT2D eigenvalue weighted by Crippen LogP contribution is 2.76. The quantitative estimate of drug-likeness (QED) is 0.0416. The minimum atomic E-state index is -2.10. The van der Waals surface area contributed by atoms with E-state index in [4.69, 9.17) is 52.1 Å². The fourth-order valence-electron chi connectivity index (χ4n) is 17.7. The van der Waals surface area contributed by atoms with Crippen molar-refractivity contribution >= 4 is 11.9 Å². The molecule has 88 heavy (non-hydrogen) atoms. The first-order chi connectivity index (χ1) is 41.3. The van der Waals surface area contributed by atoms with E-state index in [9.17, 15) is 86.5 Å². The van der Waals surface area contributed by atoms with Gasteiger partial charge in [0.1, 0.15) is 84.3 Å². The van der Waals surface area contributed by atoms with E-state index in [0.29, 0.717) is 32.1 Å². The lowest BCUT2D eigenvalue weighted by molar-refractivity contribution is -0.372. The van der Waals surface area contributed by atoms with Gasteiger partial charge in [-0.15, -0.1) is 0 Å². The highest BCUT2D eigenvalue weighted by molar-refractivity contribution is 5.80. The number of hydrogen-bond acceptors (Lipinski definition) is 29. The number of esters is 2. The second-order valence-corrected chi connectivity index (χ2v) is 28.4. The Hall–Kier alpha value is -2.32. The van der Waals surface area contributed by atoms with Gasteiger partial charge in [-0.05, 0) is 97.7 Å². The molecule has 10 aliphatic rings. The van der Waals surface area contributed by atoms with Crippen molar-refractivity contribution in [2.45, 2.75) is 247 Å². The summed E-state index contributed by atoms with van der Waals surface area (Å²) in [5, 5.41) is 178. The molecule has 5 saturated heterocycles. The molecule has 29 nitrogen and oxygen atoms in total. The maximum absolute atomic E-state index is 15.6. The maximum Gasteiger partial charge on any atom is 0.317 e. The first-order valence-corrected chi connectivity index (χ1v) is 30.8. The second-order valence-electron chi connectivity index (χ2n) is 28.4. The zero-order valence-electron chi connectivity index (χ0n) is 50.7. The van der Waals surface area contributed by atoms with Crippen LogP contribution in [0.2, 0.25) is 0 Å². The van der Waals surface area contributed by atoms with Crippen LogP contribution in [0.15, 0.2) is 11.6 Å². The number of ether oxygens (including phenoxy) is 11. The fourth-order valence-corrected chi connectivity index (χ4v) is 17.7.